The SMILES string of the molecule is CC1CCCCN1CCC(=O)c1ccc(Br)cc1Cl. The number of carbonyl (C=O) groups excluding carboxylic acids is 1. The molecule has 1 saturated heterocycles. The van der Waals surface area contributed by atoms with Crippen LogP contribution in [0.2, 0.25) is 5.02 Å². The minimum absolute atomic E-state index is 0.135. The third-order valence-corrected chi connectivity index (χ3v) is 4.60. The fraction of sp³-hybridized carbons (Fsp3) is 0.533. The van der Waals surface area contributed by atoms with Crippen LogP contribution >= 0.6 is 27.5 Å². The molecule has 1 aromatic rings. The van der Waals surface area contributed by atoms with Crippen LogP contribution in [0.1, 0.15) is 43.0 Å². The van der Waals surface area contributed by atoms with E-state index in [9.17, 15) is 4.79 Å². The van der Waals surface area contributed by atoms with E-state index >= 15 is 0 Å². The molecule has 0 N–H and O–H groups in total. The third-order valence-electron chi connectivity index (χ3n) is 3.80. The van der Waals surface area contributed by atoms with Gasteiger partial charge in [0, 0.05) is 29.0 Å². The topological polar surface area (TPSA) is 20.3 Å². The molecule has 1 unspecified atom stereocenters. The molecule has 1 heterocycles. The minimum atomic E-state index is 0.135. The Morgan fingerprint density at radius 2 is 2.26 bits per heavy atom. The molecule has 2 rings (SSSR count). The summed E-state index contributed by atoms with van der Waals surface area (Å²) in [6.07, 6.45) is 4.35. The quantitative estimate of drug-likeness (QED) is 0.747. The number of ketones is 1. The lowest BCUT2D eigenvalue weighted by atomic mass is 10.0. The maximum atomic E-state index is 12.2. The molecule has 1 fully saturated rings. The predicted octanol–water partition coefficient (Wildman–Crippen LogP) is 4.55. The monoisotopic (exact) mass is 343 g/mol. The molecule has 1 aromatic carbocycles. The summed E-state index contributed by atoms with van der Waals surface area (Å²) in [4.78, 5) is 14.6. The van der Waals surface area contributed by atoms with Gasteiger partial charge in [0.15, 0.2) is 5.78 Å². The lowest BCUT2D eigenvalue weighted by Gasteiger charge is -2.33. The number of halogens is 2. The summed E-state index contributed by atoms with van der Waals surface area (Å²) in [5.41, 5.74) is 0.634. The van der Waals surface area contributed by atoms with Crippen molar-refractivity contribution in [2.24, 2.45) is 0 Å². The molecule has 19 heavy (non-hydrogen) atoms. The van der Waals surface area contributed by atoms with Crippen LogP contribution in [0.3, 0.4) is 0 Å². The van der Waals surface area contributed by atoms with Crippen molar-refractivity contribution in [3.63, 3.8) is 0 Å². The Morgan fingerprint density at radius 1 is 1.47 bits per heavy atom. The van der Waals surface area contributed by atoms with E-state index in [0.29, 0.717) is 23.0 Å². The van der Waals surface area contributed by atoms with E-state index in [4.69, 9.17) is 11.6 Å². The van der Waals surface area contributed by atoms with Crippen molar-refractivity contribution in [1.82, 2.24) is 4.90 Å². The molecule has 0 aromatic heterocycles. The third kappa shape index (κ3) is 4.04. The van der Waals surface area contributed by atoms with E-state index in [0.717, 1.165) is 17.6 Å². The van der Waals surface area contributed by atoms with Gasteiger partial charge in [-0.2, -0.15) is 0 Å². The Balaban J connectivity index is 1.93. The summed E-state index contributed by atoms with van der Waals surface area (Å²) >= 11 is 9.46. The van der Waals surface area contributed by atoms with Crippen LogP contribution in [0, 0.1) is 0 Å². The van der Waals surface area contributed by atoms with Gasteiger partial charge in [0.2, 0.25) is 0 Å². The van der Waals surface area contributed by atoms with E-state index in [1.54, 1.807) is 12.1 Å². The first-order valence-corrected chi connectivity index (χ1v) is 7.97. The second kappa shape index (κ2) is 6.87. The lowest BCUT2D eigenvalue weighted by Crippen LogP contribution is -2.38. The van der Waals surface area contributed by atoms with Gasteiger partial charge in [-0.15, -0.1) is 0 Å². The number of piperidine rings is 1. The fourth-order valence-electron chi connectivity index (χ4n) is 2.59. The fourth-order valence-corrected chi connectivity index (χ4v) is 3.36. The van der Waals surface area contributed by atoms with Crippen LogP contribution in [-0.4, -0.2) is 29.8 Å². The summed E-state index contributed by atoms with van der Waals surface area (Å²) in [7, 11) is 0. The number of nitrogens with zero attached hydrogens (tertiary/aromatic N) is 1. The van der Waals surface area contributed by atoms with Crippen molar-refractivity contribution >= 4 is 33.3 Å². The molecule has 2 nitrogen and oxygen atoms in total. The van der Waals surface area contributed by atoms with E-state index in [1.165, 1.54) is 19.3 Å². The summed E-state index contributed by atoms with van der Waals surface area (Å²) < 4.78 is 0.902. The first-order chi connectivity index (χ1) is 9.08. The Bertz CT molecular complexity index is 463. The molecule has 1 atom stereocenters. The Morgan fingerprint density at radius 3 is 2.95 bits per heavy atom. The summed E-state index contributed by atoms with van der Waals surface area (Å²) in [6, 6.07) is 6.04. The molecule has 1 aliphatic rings. The zero-order valence-corrected chi connectivity index (χ0v) is 13.5. The van der Waals surface area contributed by atoms with Crippen LogP contribution in [0.5, 0.6) is 0 Å². The van der Waals surface area contributed by atoms with Crippen molar-refractivity contribution in [2.45, 2.75) is 38.6 Å². The maximum absolute atomic E-state index is 12.2. The van der Waals surface area contributed by atoms with Crippen LogP contribution in [-0.2, 0) is 0 Å². The average molecular weight is 345 g/mol. The van der Waals surface area contributed by atoms with Gasteiger partial charge in [-0.3, -0.25) is 4.79 Å². The second-order valence-corrected chi connectivity index (χ2v) is 6.50. The van der Waals surface area contributed by atoms with E-state index in [-0.39, 0.29) is 5.78 Å². The molecule has 1 aliphatic heterocycles. The maximum Gasteiger partial charge on any atom is 0.165 e. The molecule has 0 amide bonds. The zero-order chi connectivity index (χ0) is 13.8. The number of Topliss-reactive ketones (excluding diaryl/α,β-unsaturated/α-hetero) is 1. The van der Waals surface area contributed by atoms with Gasteiger partial charge >= 0.3 is 0 Å². The lowest BCUT2D eigenvalue weighted by molar-refractivity contribution is 0.0935. The van der Waals surface area contributed by atoms with Crippen LogP contribution in [0.25, 0.3) is 0 Å². The van der Waals surface area contributed by atoms with Gasteiger partial charge in [-0.05, 0) is 44.5 Å². The highest BCUT2D eigenvalue weighted by molar-refractivity contribution is 9.10. The molecule has 0 aliphatic carbocycles. The molecule has 0 bridgehead atoms. The van der Waals surface area contributed by atoms with Gasteiger partial charge in [0.1, 0.15) is 0 Å². The number of benzene rings is 1. The van der Waals surface area contributed by atoms with Crippen molar-refractivity contribution in [2.75, 3.05) is 13.1 Å². The number of likely N-dealkylation sites (tertiary alicyclic amines) is 1. The van der Waals surface area contributed by atoms with Gasteiger partial charge in [0.25, 0.3) is 0 Å². The molecule has 0 spiro atoms. The summed E-state index contributed by atoms with van der Waals surface area (Å²) in [6.45, 7) is 4.20. The van der Waals surface area contributed by atoms with E-state index in [1.807, 2.05) is 6.07 Å². The minimum Gasteiger partial charge on any atom is -0.300 e. The molecule has 0 saturated carbocycles. The number of hydrogen-bond acceptors (Lipinski definition) is 2. The number of carbonyl (C=O) groups is 1. The molecular weight excluding hydrogens is 326 g/mol. The van der Waals surface area contributed by atoms with Crippen molar-refractivity contribution < 1.29 is 4.79 Å². The standard InChI is InChI=1S/C15H19BrClNO/c1-11-4-2-3-8-18(11)9-7-15(19)13-6-5-12(16)10-14(13)17/h5-6,10-11H,2-4,7-9H2,1H3. The van der Waals surface area contributed by atoms with Crippen LogP contribution in [0.4, 0.5) is 0 Å². The highest BCUT2D eigenvalue weighted by atomic mass is 79.9. The average Bonchev–Trinajstić information content (AvgIpc) is 2.37. The van der Waals surface area contributed by atoms with Crippen molar-refractivity contribution in [3.8, 4) is 0 Å². The van der Waals surface area contributed by atoms with Gasteiger partial charge < -0.3 is 4.90 Å². The Labute approximate surface area is 128 Å². The first-order valence-electron chi connectivity index (χ1n) is 6.80. The molecule has 4 heteroatoms. The normalized spacial score (nSPS) is 20.5. The summed E-state index contributed by atoms with van der Waals surface area (Å²) in [5.74, 6) is 0.135. The highest BCUT2D eigenvalue weighted by Gasteiger charge is 2.19. The van der Waals surface area contributed by atoms with E-state index in [2.05, 4.69) is 27.8 Å². The summed E-state index contributed by atoms with van der Waals surface area (Å²) in [5, 5.41) is 0.533. The number of hydrogen-bond donors (Lipinski definition) is 0. The predicted molar refractivity (Wildman–Crippen MR) is 83.0 cm³/mol. The molecular formula is C15H19BrClNO. The van der Waals surface area contributed by atoms with Crippen molar-refractivity contribution in [3.05, 3.63) is 33.3 Å². The van der Waals surface area contributed by atoms with Gasteiger partial charge in [0.05, 0.1) is 5.02 Å². The van der Waals surface area contributed by atoms with Crippen LogP contribution in [0.15, 0.2) is 22.7 Å². The molecule has 104 valence electrons. The highest BCUT2D eigenvalue weighted by Crippen LogP contribution is 2.23. The van der Waals surface area contributed by atoms with E-state index < -0.39 is 0 Å². The number of rotatable bonds is 4. The Hall–Kier alpha value is -0.380. The van der Waals surface area contributed by atoms with Crippen molar-refractivity contribution in [1.29, 1.82) is 0 Å². The van der Waals surface area contributed by atoms with Gasteiger partial charge in [-0.1, -0.05) is 34.0 Å². The van der Waals surface area contributed by atoms with Crippen LogP contribution < -0.4 is 0 Å². The smallest absolute Gasteiger partial charge is 0.165 e. The molecule has 0 radical (unpaired) electrons. The zero-order valence-electron chi connectivity index (χ0n) is 11.2. The first kappa shape index (κ1) is 15.0. The van der Waals surface area contributed by atoms with Gasteiger partial charge in [-0.25, -0.2) is 0 Å². The Kier molecular flexibility index (Phi) is 5.43. The second-order valence-electron chi connectivity index (χ2n) is 5.18. The largest absolute Gasteiger partial charge is 0.300 e.